The fourth-order valence-corrected chi connectivity index (χ4v) is 1.96. The van der Waals surface area contributed by atoms with Crippen LogP contribution < -0.4 is 11.1 Å². The molecule has 1 unspecified atom stereocenters. The van der Waals surface area contributed by atoms with Crippen molar-refractivity contribution in [3.05, 3.63) is 35.6 Å². The number of hydrogen-bond acceptors (Lipinski definition) is 2. The first kappa shape index (κ1) is 14.9. The lowest BCUT2D eigenvalue weighted by molar-refractivity contribution is -0.121. The van der Waals surface area contributed by atoms with Crippen LogP contribution in [0.25, 0.3) is 0 Å². The molecule has 0 bridgehead atoms. The highest BCUT2D eigenvalue weighted by Crippen LogP contribution is 2.32. The van der Waals surface area contributed by atoms with Gasteiger partial charge in [0.25, 0.3) is 0 Å². The first-order chi connectivity index (χ1) is 8.19. The average Bonchev–Trinajstić information content (AvgIpc) is 3.09. The molecule has 1 fully saturated rings. The van der Waals surface area contributed by atoms with Gasteiger partial charge in [-0.05, 0) is 36.5 Å². The maximum absolute atomic E-state index is 12.9. The van der Waals surface area contributed by atoms with Crippen molar-refractivity contribution in [1.82, 2.24) is 5.32 Å². The Hall–Kier alpha value is -1.13. The third-order valence-corrected chi connectivity index (χ3v) is 3.05. The molecule has 1 atom stereocenters. The van der Waals surface area contributed by atoms with E-state index in [0.29, 0.717) is 18.0 Å². The number of hydrogen-bond donors (Lipinski definition) is 2. The summed E-state index contributed by atoms with van der Waals surface area (Å²) < 4.78 is 12.9. The van der Waals surface area contributed by atoms with Crippen molar-refractivity contribution >= 4 is 18.3 Å². The largest absolute Gasteiger partial charge is 0.352 e. The zero-order valence-corrected chi connectivity index (χ0v) is 10.9. The van der Waals surface area contributed by atoms with Crippen molar-refractivity contribution in [2.45, 2.75) is 25.3 Å². The highest BCUT2D eigenvalue weighted by molar-refractivity contribution is 5.85. The zero-order chi connectivity index (χ0) is 12.3. The predicted molar refractivity (Wildman–Crippen MR) is 71.1 cm³/mol. The normalized spacial score (nSPS) is 15.7. The summed E-state index contributed by atoms with van der Waals surface area (Å²) >= 11 is 0. The van der Waals surface area contributed by atoms with Crippen LogP contribution >= 0.6 is 12.4 Å². The average molecular weight is 273 g/mol. The van der Waals surface area contributed by atoms with Crippen molar-refractivity contribution in [3.63, 3.8) is 0 Å². The smallest absolute Gasteiger partial charge is 0.224 e. The Kier molecular flexibility index (Phi) is 5.56. The Bertz CT molecular complexity index is 410. The number of carbonyl (C=O) groups excluding carboxylic acids is 1. The van der Waals surface area contributed by atoms with Crippen LogP contribution in [0.4, 0.5) is 4.39 Å². The van der Waals surface area contributed by atoms with E-state index in [1.807, 2.05) is 0 Å². The van der Waals surface area contributed by atoms with Gasteiger partial charge in [-0.3, -0.25) is 4.79 Å². The summed E-state index contributed by atoms with van der Waals surface area (Å²) in [4.78, 5) is 11.7. The van der Waals surface area contributed by atoms with E-state index in [9.17, 15) is 9.18 Å². The van der Waals surface area contributed by atoms with Crippen LogP contribution in [0.2, 0.25) is 0 Å². The van der Waals surface area contributed by atoms with Crippen LogP contribution in [-0.4, -0.2) is 18.5 Å². The number of carbonyl (C=O) groups is 1. The lowest BCUT2D eigenvalue weighted by Gasteiger charge is -2.15. The summed E-state index contributed by atoms with van der Waals surface area (Å²) in [5.41, 5.74) is 6.29. The van der Waals surface area contributed by atoms with Crippen LogP contribution in [0, 0.1) is 11.7 Å². The third kappa shape index (κ3) is 4.27. The van der Waals surface area contributed by atoms with Gasteiger partial charge in [0, 0.05) is 12.6 Å². The standard InChI is InChI=1S/C13H17FN2O.ClH/c14-11-3-1-2-9(6-11)7-13(17)16-12(8-15)10-4-5-10;/h1-3,6,10,12H,4-5,7-8,15H2,(H,16,17);1H. The molecule has 0 saturated heterocycles. The molecule has 1 amide bonds. The van der Waals surface area contributed by atoms with E-state index in [2.05, 4.69) is 5.32 Å². The second-order valence-electron chi connectivity index (χ2n) is 4.55. The molecule has 0 radical (unpaired) electrons. The van der Waals surface area contributed by atoms with Crippen molar-refractivity contribution in [1.29, 1.82) is 0 Å². The number of rotatable bonds is 5. The number of nitrogens with two attached hydrogens (primary N) is 1. The third-order valence-electron chi connectivity index (χ3n) is 3.05. The quantitative estimate of drug-likeness (QED) is 0.856. The van der Waals surface area contributed by atoms with Crippen molar-refractivity contribution in [2.24, 2.45) is 11.7 Å². The Labute approximate surface area is 112 Å². The summed E-state index contributed by atoms with van der Waals surface area (Å²) in [6, 6.07) is 6.19. The molecule has 1 aliphatic carbocycles. The minimum atomic E-state index is -0.312. The highest BCUT2D eigenvalue weighted by Gasteiger charge is 2.31. The van der Waals surface area contributed by atoms with Crippen molar-refractivity contribution in [2.75, 3.05) is 6.54 Å². The van der Waals surface area contributed by atoms with E-state index in [1.54, 1.807) is 12.1 Å². The van der Waals surface area contributed by atoms with E-state index >= 15 is 0 Å². The SMILES string of the molecule is Cl.NCC(NC(=O)Cc1cccc(F)c1)C1CC1. The molecule has 1 aromatic carbocycles. The number of benzene rings is 1. The van der Waals surface area contributed by atoms with Gasteiger partial charge in [-0.15, -0.1) is 12.4 Å². The van der Waals surface area contributed by atoms with Gasteiger partial charge in [-0.1, -0.05) is 12.1 Å². The maximum atomic E-state index is 12.9. The van der Waals surface area contributed by atoms with Gasteiger partial charge < -0.3 is 11.1 Å². The van der Waals surface area contributed by atoms with Crippen molar-refractivity contribution in [3.8, 4) is 0 Å². The molecule has 18 heavy (non-hydrogen) atoms. The van der Waals surface area contributed by atoms with Crippen molar-refractivity contribution < 1.29 is 9.18 Å². The zero-order valence-electron chi connectivity index (χ0n) is 10.1. The van der Waals surface area contributed by atoms with E-state index in [4.69, 9.17) is 5.73 Å². The minimum absolute atomic E-state index is 0. The first-order valence-electron chi connectivity index (χ1n) is 5.93. The second-order valence-corrected chi connectivity index (χ2v) is 4.55. The molecule has 0 heterocycles. The van der Waals surface area contributed by atoms with Crippen LogP contribution in [0.15, 0.2) is 24.3 Å². The molecule has 100 valence electrons. The molecule has 0 aromatic heterocycles. The summed E-state index contributed by atoms with van der Waals surface area (Å²) in [7, 11) is 0. The molecule has 3 nitrogen and oxygen atoms in total. The van der Waals surface area contributed by atoms with E-state index < -0.39 is 0 Å². The topological polar surface area (TPSA) is 55.1 Å². The Morgan fingerprint density at radius 3 is 2.78 bits per heavy atom. The lowest BCUT2D eigenvalue weighted by Crippen LogP contribution is -2.42. The summed E-state index contributed by atoms with van der Waals surface area (Å²) in [6.45, 7) is 0.472. The molecule has 3 N–H and O–H groups in total. The van der Waals surface area contributed by atoms with Crippen LogP contribution in [-0.2, 0) is 11.2 Å². The summed E-state index contributed by atoms with van der Waals surface area (Å²) in [6.07, 6.45) is 2.49. The Morgan fingerprint density at radius 2 is 2.22 bits per heavy atom. The number of nitrogens with one attached hydrogen (secondary N) is 1. The van der Waals surface area contributed by atoms with Gasteiger partial charge in [-0.2, -0.15) is 0 Å². The molecular weight excluding hydrogens is 255 g/mol. The maximum Gasteiger partial charge on any atom is 0.224 e. The van der Waals surface area contributed by atoms with Gasteiger partial charge in [-0.25, -0.2) is 4.39 Å². The van der Waals surface area contributed by atoms with E-state index in [-0.39, 0.29) is 36.6 Å². The molecular formula is C13H18ClFN2O. The van der Waals surface area contributed by atoms with E-state index in [0.717, 1.165) is 12.8 Å². The monoisotopic (exact) mass is 272 g/mol. The molecule has 2 rings (SSSR count). The van der Waals surface area contributed by atoms with Gasteiger partial charge in [0.15, 0.2) is 0 Å². The summed E-state index contributed by atoms with van der Waals surface area (Å²) in [5.74, 6) is 0.141. The molecule has 1 aliphatic rings. The number of halogens is 2. The van der Waals surface area contributed by atoms with E-state index in [1.165, 1.54) is 12.1 Å². The Morgan fingerprint density at radius 1 is 1.50 bits per heavy atom. The number of amides is 1. The Balaban J connectivity index is 0.00000162. The predicted octanol–water partition coefficient (Wildman–Crippen LogP) is 1.64. The van der Waals surface area contributed by atoms with Gasteiger partial charge in [0.1, 0.15) is 5.82 Å². The molecule has 0 aliphatic heterocycles. The van der Waals surface area contributed by atoms with Crippen LogP contribution in [0.5, 0.6) is 0 Å². The van der Waals surface area contributed by atoms with Crippen LogP contribution in [0.3, 0.4) is 0 Å². The van der Waals surface area contributed by atoms with Gasteiger partial charge in [0.05, 0.1) is 6.42 Å². The molecule has 1 saturated carbocycles. The van der Waals surface area contributed by atoms with Crippen LogP contribution in [0.1, 0.15) is 18.4 Å². The van der Waals surface area contributed by atoms with Gasteiger partial charge >= 0.3 is 0 Å². The molecule has 0 spiro atoms. The highest BCUT2D eigenvalue weighted by atomic mass is 35.5. The molecule has 1 aromatic rings. The fourth-order valence-electron chi connectivity index (χ4n) is 1.96. The van der Waals surface area contributed by atoms with Gasteiger partial charge in [0.2, 0.25) is 5.91 Å². The lowest BCUT2D eigenvalue weighted by atomic mass is 10.1. The molecule has 5 heteroatoms. The minimum Gasteiger partial charge on any atom is -0.352 e. The first-order valence-corrected chi connectivity index (χ1v) is 5.93. The second kappa shape index (κ2) is 6.71. The summed E-state index contributed by atoms with van der Waals surface area (Å²) in [5, 5.41) is 2.91. The fraction of sp³-hybridized carbons (Fsp3) is 0.462.